The average molecular weight is 435 g/mol. The Morgan fingerprint density at radius 3 is 2.73 bits per heavy atom. The molecule has 30 heavy (non-hydrogen) atoms. The van der Waals surface area contributed by atoms with Crippen LogP contribution in [0.2, 0.25) is 0 Å². The fourth-order valence-electron chi connectivity index (χ4n) is 3.64. The molecule has 9 heteroatoms. The Bertz CT molecular complexity index is 1000. The first-order chi connectivity index (χ1) is 14.4. The first-order valence-electron chi connectivity index (χ1n) is 9.66. The molecule has 1 amide bonds. The molecule has 1 unspecified atom stereocenters. The Labute approximate surface area is 175 Å². The Balaban J connectivity index is 1.50. The third kappa shape index (κ3) is 4.67. The van der Waals surface area contributed by atoms with E-state index >= 15 is 0 Å². The van der Waals surface area contributed by atoms with Crippen molar-refractivity contribution in [1.82, 2.24) is 9.88 Å². The molecule has 2 aromatic carbocycles. The highest BCUT2D eigenvalue weighted by atomic mass is 32.1. The maximum absolute atomic E-state index is 13.1. The van der Waals surface area contributed by atoms with E-state index in [0.29, 0.717) is 13.1 Å². The van der Waals surface area contributed by atoms with E-state index in [9.17, 15) is 18.0 Å². The fraction of sp³-hybridized carbons (Fsp3) is 0.333. The maximum Gasteiger partial charge on any atom is 0.573 e. The quantitative estimate of drug-likeness (QED) is 0.591. The summed E-state index contributed by atoms with van der Waals surface area (Å²) in [7, 11) is 0. The zero-order valence-electron chi connectivity index (χ0n) is 16.0. The summed E-state index contributed by atoms with van der Waals surface area (Å²) in [6.07, 6.45) is -2.32. The molecule has 158 valence electrons. The summed E-state index contributed by atoms with van der Waals surface area (Å²) in [5.74, 6) is -0.927. The first-order valence-corrected chi connectivity index (χ1v) is 10.5. The number of alkyl halides is 3. The number of aromatic nitrogens is 1. The van der Waals surface area contributed by atoms with Crippen LogP contribution >= 0.6 is 11.3 Å². The molecule has 3 aromatic rings. The summed E-state index contributed by atoms with van der Waals surface area (Å²) in [5.41, 5.74) is 0.821. The molecule has 0 bridgehead atoms. The van der Waals surface area contributed by atoms with Crippen LogP contribution in [0.3, 0.4) is 0 Å². The summed E-state index contributed by atoms with van der Waals surface area (Å²) in [6.45, 7) is 0.971. The van der Waals surface area contributed by atoms with E-state index in [2.05, 4.69) is 15.0 Å². The van der Waals surface area contributed by atoms with Crippen molar-refractivity contribution in [2.45, 2.75) is 31.7 Å². The number of anilines is 1. The SMILES string of the molecule is O=C(c1ccccc1OC(F)(F)F)N1CCCCC1CNc1nc2ccccc2s1. The van der Waals surface area contributed by atoms with Crippen molar-refractivity contribution in [3.8, 4) is 5.75 Å². The lowest BCUT2D eigenvalue weighted by Crippen LogP contribution is -2.47. The van der Waals surface area contributed by atoms with Gasteiger partial charge in [-0.3, -0.25) is 4.79 Å². The molecule has 1 saturated heterocycles. The Morgan fingerprint density at radius 2 is 1.93 bits per heavy atom. The number of rotatable bonds is 5. The molecule has 2 heterocycles. The molecule has 1 N–H and O–H groups in total. The van der Waals surface area contributed by atoms with Crippen LogP contribution < -0.4 is 10.1 Å². The molecule has 4 rings (SSSR count). The van der Waals surface area contributed by atoms with E-state index in [1.807, 2.05) is 24.3 Å². The van der Waals surface area contributed by atoms with Crippen LogP contribution in [0.4, 0.5) is 18.3 Å². The molecule has 0 spiro atoms. The van der Waals surface area contributed by atoms with Crippen LogP contribution in [0, 0.1) is 0 Å². The van der Waals surface area contributed by atoms with Gasteiger partial charge in [0.05, 0.1) is 15.8 Å². The van der Waals surface area contributed by atoms with Gasteiger partial charge in [0.25, 0.3) is 5.91 Å². The van der Waals surface area contributed by atoms with Gasteiger partial charge < -0.3 is 15.0 Å². The summed E-state index contributed by atoms with van der Waals surface area (Å²) < 4.78 is 43.3. The predicted molar refractivity (Wildman–Crippen MR) is 110 cm³/mol. The number of carbonyl (C=O) groups is 1. The number of hydrogen-bond acceptors (Lipinski definition) is 5. The largest absolute Gasteiger partial charge is 0.573 e. The maximum atomic E-state index is 13.1. The monoisotopic (exact) mass is 435 g/mol. The number of ether oxygens (including phenoxy) is 1. The Morgan fingerprint density at radius 1 is 1.17 bits per heavy atom. The minimum Gasteiger partial charge on any atom is -0.405 e. The second-order valence-corrected chi connectivity index (χ2v) is 8.09. The van der Waals surface area contributed by atoms with E-state index in [-0.39, 0.29) is 11.6 Å². The van der Waals surface area contributed by atoms with Crippen molar-refractivity contribution in [2.24, 2.45) is 0 Å². The van der Waals surface area contributed by atoms with Crippen molar-refractivity contribution in [2.75, 3.05) is 18.4 Å². The topological polar surface area (TPSA) is 54.5 Å². The van der Waals surface area contributed by atoms with Gasteiger partial charge in [0.2, 0.25) is 0 Å². The lowest BCUT2D eigenvalue weighted by Gasteiger charge is -2.36. The van der Waals surface area contributed by atoms with E-state index in [0.717, 1.165) is 34.6 Å². The molecule has 5 nitrogen and oxygen atoms in total. The van der Waals surface area contributed by atoms with Gasteiger partial charge in [-0.1, -0.05) is 35.6 Å². The van der Waals surface area contributed by atoms with E-state index in [1.165, 1.54) is 35.6 Å². The lowest BCUT2D eigenvalue weighted by molar-refractivity contribution is -0.274. The van der Waals surface area contributed by atoms with Gasteiger partial charge >= 0.3 is 6.36 Å². The van der Waals surface area contributed by atoms with Crippen LogP contribution in [0.15, 0.2) is 48.5 Å². The zero-order valence-corrected chi connectivity index (χ0v) is 16.8. The van der Waals surface area contributed by atoms with Crippen LogP contribution in [0.25, 0.3) is 10.2 Å². The normalized spacial score (nSPS) is 17.2. The molecule has 1 aliphatic rings. The number of amides is 1. The molecule has 1 atom stereocenters. The zero-order chi connectivity index (χ0) is 21.1. The van der Waals surface area contributed by atoms with Gasteiger partial charge in [0, 0.05) is 19.1 Å². The van der Waals surface area contributed by atoms with Gasteiger partial charge in [-0.2, -0.15) is 0 Å². The van der Waals surface area contributed by atoms with Crippen LogP contribution in [-0.4, -0.2) is 41.3 Å². The second-order valence-electron chi connectivity index (χ2n) is 7.06. The third-order valence-corrected chi connectivity index (χ3v) is 6.01. The van der Waals surface area contributed by atoms with Gasteiger partial charge in [-0.05, 0) is 43.5 Å². The third-order valence-electron chi connectivity index (χ3n) is 5.01. The van der Waals surface area contributed by atoms with Gasteiger partial charge in [-0.25, -0.2) is 4.98 Å². The highest BCUT2D eigenvalue weighted by Gasteiger charge is 2.35. The molecular formula is C21H20F3N3O2S. The number of piperidine rings is 1. The molecule has 1 aromatic heterocycles. The van der Waals surface area contributed by atoms with Crippen LogP contribution in [-0.2, 0) is 0 Å². The van der Waals surface area contributed by atoms with Crippen molar-refractivity contribution >= 4 is 32.6 Å². The second kappa shape index (κ2) is 8.51. The van der Waals surface area contributed by atoms with Crippen LogP contribution in [0.5, 0.6) is 5.75 Å². The summed E-state index contributed by atoms with van der Waals surface area (Å²) in [5, 5.41) is 4.05. The number of halogens is 3. The first kappa shape index (κ1) is 20.5. The molecule has 1 fully saturated rings. The number of nitrogens with zero attached hydrogens (tertiary/aromatic N) is 2. The number of hydrogen-bond donors (Lipinski definition) is 1. The Kier molecular flexibility index (Phi) is 5.80. The van der Waals surface area contributed by atoms with Gasteiger partial charge in [-0.15, -0.1) is 13.2 Å². The molecule has 0 saturated carbocycles. The van der Waals surface area contributed by atoms with E-state index in [4.69, 9.17) is 0 Å². The Hall–Kier alpha value is -2.81. The van der Waals surface area contributed by atoms with Gasteiger partial charge in [0.15, 0.2) is 5.13 Å². The molecule has 0 aliphatic carbocycles. The minimum absolute atomic E-state index is 0.0817. The minimum atomic E-state index is -4.86. The number of nitrogens with one attached hydrogen (secondary N) is 1. The fourth-order valence-corrected chi connectivity index (χ4v) is 4.52. The van der Waals surface area contributed by atoms with E-state index in [1.54, 1.807) is 4.90 Å². The number of fused-ring (bicyclic) bond motifs is 1. The number of benzene rings is 2. The predicted octanol–water partition coefficient (Wildman–Crippen LogP) is 5.30. The standard InChI is InChI=1S/C21H20F3N3O2S/c22-21(23,24)29-17-10-3-1-8-15(17)19(28)27-12-6-5-7-14(27)13-25-20-26-16-9-2-4-11-18(16)30-20/h1-4,8-11,14H,5-7,12-13H2,(H,25,26). The average Bonchev–Trinajstić information content (AvgIpc) is 3.14. The number of likely N-dealkylation sites (tertiary alicyclic amines) is 1. The summed E-state index contributed by atoms with van der Waals surface area (Å²) >= 11 is 1.53. The van der Waals surface area contributed by atoms with Crippen molar-refractivity contribution in [1.29, 1.82) is 0 Å². The van der Waals surface area contributed by atoms with Crippen molar-refractivity contribution in [3.63, 3.8) is 0 Å². The summed E-state index contributed by atoms with van der Waals surface area (Å²) in [4.78, 5) is 19.3. The number of thiazole rings is 1. The smallest absolute Gasteiger partial charge is 0.405 e. The summed E-state index contributed by atoms with van der Waals surface area (Å²) in [6, 6.07) is 13.2. The highest BCUT2D eigenvalue weighted by Crippen LogP contribution is 2.30. The number of para-hydroxylation sites is 2. The van der Waals surface area contributed by atoms with E-state index < -0.39 is 18.0 Å². The molecule has 0 radical (unpaired) electrons. The van der Waals surface area contributed by atoms with Crippen LogP contribution in [0.1, 0.15) is 29.6 Å². The number of carbonyl (C=O) groups excluding carboxylic acids is 1. The van der Waals surface area contributed by atoms with Crippen molar-refractivity contribution < 1.29 is 22.7 Å². The van der Waals surface area contributed by atoms with Gasteiger partial charge in [0.1, 0.15) is 5.75 Å². The lowest BCUT2D eigenvalue weighted by atomic mass is 10.0. The van der Waals surface area contributed by atoms with Crippen molar-refractivity contribution in [3.05, 3.63) is 54.1 Å². The molecular weight excluding hydrogens is 415 g/mol. The molecule has 1 aliphatic heterocycles. The highest BCUT2D eigenvalue weighted by molar-refractivity contribution is 7.22.